The first-order chi connectivity index (χ1) is 10.7. The Bertz CT molecular complexity index is 398. The van der Waals surface area contributed by atoms with E-state index in [1.165, 1.54) is 18.6 Å². The van der Waals surface area contributed by atoms with Crippen LogP contribution in [0.3, 0.4) is 0 Å². The zero-order valence-corrected chi connectivity index (χ0v) is 14.1. The van der Waals surface area contributed by atoms with Crippen molar-refractivity contribution in [3.8, 4) is 0 Å². The number of amides is 3. The average molecular weight is 325 g/mol. The Hall–Kier alpha value is -0.910. The van der Waals surface area contributed by atoms with E-state index in [1.54, 1.807) is 0 Å². The summed E-state index contributed by atoms with van der Waals surface area (Å²) in [5, 5.41) is 3.73. The molecule has 6 heteroatoms. The maximum Gasteiger partial charge on any atom is 0.319 e. The zero-order valence-electron chi connectivity index (χ0n) is 13.3. The van der Waals surface area contributed by atoms with E-state index in [2.05, 4.69) is 5.32 Å². The molecular weight excluding hydrogens is 298 g/mol. The molecule has 3 aliphatic rings. The fourth-order valence-corrected chi connectivity index (χ4v) is 4.81. The van der Waals surface area contributed by atoms with E-state index >= 15 is 0 Å². The second-order valence-corrected chi connectivity index (χ2v) is 8.03. The van der Waals surface area contributed by atoms with Crippen LogP contribution in [0.5, 0.6) is 0 Å². The van der Waals surface area contributed by atoms with Crippen LogP contribution < -0.4 is 5.32 Å². The van der Waals surface area contributed by atoms with Crippen molar-refractivity contribution in [3.05, 3.63) is 0 Å². The van der Waals surface area contributed by atoms with Crippen molar-refractivity contribution >= 4 is 23.7 Å². The molecule has 3 heterocycles. The van der Waals surface area contributed by atoms with Gasteiger partial charge < -0.3 is 15.1 Å². The number of hydrogen-bond donors (Lipinski definition) is 1. The van der Waals surface area contributed by atoms with Gasteiger partial charge in [0.2, 0.25) is 5.91 Å². The summed E-state index contributed by atoms with van der Waals surface area (Å²) in [7, 11) is 0. The lowest BCUT2D eigenvalue weighted by molar-refractivity contribution is -0.126. The summed E-state index contributed by atoms with van der Waals surface area (Å²) in [6.45, 7) is 4.07. The van der Waals surface area contributed by atoms with Crippen molar-refractivity contribution in [2.45, 2.75) is 43.8 Å². The maximum absolute atomic E-state index is 12.3. The highest BCUT2D eigenvalue weighted by molar-refractivity contribution is 8.00. The molecule has 0 aromatic heterocycles. The molecule has 3 saturated heterocycles. The summed E-state index contributed by atoms with van der Waals surface area (Å²) < 4.78 is 0. The van der Waals surface area contributed by atoms with E-state index in [1.807, 2.05) is 21.6 Å². The minimum absolute atomic E-state index is 0.0917. The predicted molar refractivity (Wildman–Crippen MR) is 89.0 cm³/mol. The monoisotopic (exact) mass is 325 g/mol. The number of carbonyl (C=O) groups is 2. The molecule has 0 saturated carbocycles. The number of nitrogens with one attached hydrogen (secondary N) is 1. The molecule has 0 bridgehead atoms. The van der Waals surface area contributed by atoms with Gasteiger partial charge in [-0.1, -0.05) is 0 Å². The molecule has 124 valence electrons. The Labute approximate surface area is 137 Å². The van der Waals surface area contributed by atoms with Crippen LogP contribution in [0, 0.1) is 5.92 Å². The van der Waals surface area contributed by atoms with Gasteiger partial charge in [0.25, 0.3) is 0 Å². The first-order valence-corrected chi connectivity index (χ1v) is 9.72. The average Bonchev–Trinajstić information content (AvgIpc) is 3.25. The Balaban J connectivity index is 1.38. The molecule has 3 fully saturated rings. The van der Waals surface area contributed by atoms with E-state index < -0.39 is 0 Å². The van der Waals surface area contributed by atoms with Crippen molar-refractivity contribution in [2.24, 2.45) is 5.92 Å². The van der Waals surface area contributed by atoms with Crippen LogP contribution >= 0.6 is 11.8 Å². The van der Waals surface area contributed by atoms with Crippen LogP contribution in [0.4, 0.5) is 4.79 Å². The highest BCUT2D eigenvalue weighted by Crippen LogP contribution is 2.26. The first-order valence-electron chi connectivity index (χ1n) is 8.67. The standard InChI is InChI=1S/C16H27N3O2S/c20-15(17-12-14-4-3-11-22-14)13-5-9-19(10-6-13)16(21)18-7-1-2-8-18/h13-14H,1-12H2,(H,17,20)/t14-/m0/s1. The third kappa shape index (κ3) is 3.89. The zero-order chi connectivity index (χ0) is 15.4. The molecule has 3 amide bonds. The summed E-state index contributed by atoms with van der Waals surface area (Å²) in [4.78, 5) is 28.5. The number of hydrogen-bond acceptors (Lipinski definition) is 3. The number of piperidine rings is 1. The van der Waals surface area contributed by atoms with Gasteiger partial charge in [-0.3, -0.25) is 4.79 Å². The molecule has 0 aromatic rings. The number of nitrogens with zero attached hydrogens (tertiary/aromatic N) is 2. The molecule has 3 aliphatic heterocycles. The van der Waals surface area contributed by atoms with Crippen molar-refractivity contribution in [3.63, 3.8) is 0 Å². The Morgan fingerprint density at radius 3 is 2.27 bits per heavy atom. The normalized spacial score (nSPS) is 26.5. The second kappa shape index (κ2) is 7.57. The number of urea groups is 1. The first kappa shape index (κ1) is 16.0. The maximum atomic E-state index is 12.3. The molecule has 0 spiro atoms. The summed E-state index contributed by atoms with van der Waals surface area (Å²) in [6, 6.07) is 0.179. The van der Waals surface area contributed by atoms with Gasteiger partial charge >= 0.3 is 6.03 Å². The SMILES string of the molecule is O=C(NC[C@@H]1CCCS1)C1CCN(C(=O)N2CCCC2)CC1. The van der Waals surface area contributed by atoms with E-state index in [9.17, 15) is 9.59 Å². The van der Waals surface area contributed by atoms with Crippen LogP contribution in [0.25, 0.3) is 0 Å². The smallest absolute Gasteiger partial charge is 0.319 e. The highest BCUT2D eigenvalue weighted by Gasteiger charge is 2.30. The van der Waals surface area contributed by atoms with Crippen molar-refractivity contribution in [2.75, 3.05) is 38.5 Å². The van der Waals surface area contributed by atoms with Gasteiger partial charge in [-0.05, 0) is 44.3 Å². The number of rotatable bonds is 3. The van der Waals surface area contributed by atoms with Gasteiger partial charge in [0.05, 0.1) is 0 Å². The third-order valence-electron chi connectivity index (χ3n) is 5.04. The molecule has 0 aromatic carbocycles. The van der Waals surface area contributed by atoms with Gasteiger partial charge in [-0.25, -0.2) is 4.79 Å². The molecule has 22 heavy (non-hydrogen) atoms. The Morgan fingerprint density at radius 2 is 1.64 bits per heavy atom. The molecule has 0 radical (unpaired) electrons. The van der Waals surface area contributed by atoms with Crippen LogP contribution in [0.2, 0.25) is 0 Å². The van der Waals surface area contributed by atoms with Crippen LogP contribution in [-0.4, -0.2) is 65.5 Å². The van der Waals surface area contributed by atoms with E-state index in [0.29, 0.717) is 5.25 Å². The van der Waals surface area contributed by atoms with Crippen molar-refractivity contribution < 1.29 is 9.59 Å². The Morgan fingerprint density at radius 1 is 0.955 bits per heavy atom. The molecular formula is C16H27N3O2S. The van der Waals surface area contributed by atoms with Crippen molar-refractivity contribution in [1.82, 2.24) is 15.1 Å². The summed E-state index contributed by atoms with van der Waals surface area (Å²) >= 11 is 1.98. The topological polar surface area (TPSA) is 52.7 Å². The van der Waals surface area contributed by atoms with Gasteiger partial charge in [-0.2, -0.15) is 11.8 Å². The molecule has 1 N–H and O–H groups in total. The number of likely N-dealkylation sites (tertiary alicyclic amines) is 2. The summed E-state index contributed by atoms with van der Waals surface area (Å²) in [5.74, 6) is 1.52. The lowest BCUT2D eigenvalue weighted by Gasteiger charge is -2.34. The largest absolute Gasteiger partial charge is 0.355 e. The number of thioether (sulfide) groups is 1. The van der Waals surface area contributed by atoms with Crippen LogP contribution in [-0.2, 0) is 4.79 Å². The fourth-order valence-electron chi connectivity index (χ4n) is 3.61. The molecule has 0 aliphatic carbocycles. The summed E-state index contributed by atoms with van der Waals surface area (Å²) in [6.07, 6.45) is 6.38. The van der Waals surface area contributed by atoms with Gasteiger partial charge in [0.1, 0.15) is 0 Å². The van der Waals surface area contributed by atoms with Gasteiger partial charge in [-0.15, -0.1) is 0 Å². The molecule has 1 atom stereocenters. The minimum atomic E-state index is 0.0917. The second-order valence-electron chi connectivity index (χ2n) is 6.62. The summed E-state index contributed by atoms with van der Waals surface area (Å²) in [5.41, 5.74) is 0. The molecule has 0 unspecified atom stereocenters. The Kier molecular flexibility index (Phi) is 5.50. The van der Waals surface area contributed by atoms with Gasteiger partial charge in [0.15, 0.2) is 0 Å². The molecule has 5 nitrogen and oxygen atoms in total. The quantitative estimate of drug-likeness (QED) is 0.862. The van der Waals surface area contributed by atoms with Gasteiger partial charge in [0, 0.05) is 43.9 Å². The highest BCUT2D eigenvalue weighted by atomic mass is 32.2. The van der Waals surface area contributed by atoms with Crippen LogP contribution in [0.15, 0.2) is 0 Å². The van der Waals surface area contributed by atoms with E-state index in [0.717, 1.165) is 58.4 Å². The van der Waals surface area contributed by atoms with E-state index in [-0.39, 0.29) is 17.9 Å². The molecule has 3 rings (SSSR count). The third-order valence-corrected chi connectivity index (χ3v) is 6.44. The van der Waals surface area contributed by atoms with E-state index in [4.69, 9.17) is 0 Å². The van der Waals surface area contributed by atoms with Crippen LogP contribution in [0.1, 0.15) is 38.5 Å². The number of carbonyl (C=O) groups excluding carboxylic acids is 2. The predicted octanol–water partition coefficient (Wildman–Crippen LogP) is 1.93. The lowest BCUT2D eigenvalue weighted by atomic mass is 9.96. The minimum Gasteiger partial charge on any atom is -0.355 e. The van der Waals surface area contributed by atoms with Crippen molar-refractivity contribution in [1.29, 1.82) is 0 Å². The lowest BCUT2D eigenvalue weighted by Crippen LogP contribution is -2.48. The fraction of sp³-hybridized carbons (Fsp3) is 0.875.